The molecule has 2 N–H and O–H groups in total. The second-order valence-corrected chi connectivity index (χ2v) is 9.53. The first-order chi connectivity index (χ1) is 12.7. The largest absolute Gasteiger partial charge is 0.452 e. The Labute approximate surface area is 168 Å². The van der Waals surface area contributed by atoms with Crippen molar-refractivity contribution in [2.75, 3.05) is 5.32 Å². The Bertz CT molecular complexity index is 762. The number of carbonyl (C=O) groups excluding carboxylic acids is 2. The molecule has 0 saturated heterocycles. The number of hydrogen-bond acceptors (Lipinski definition) is 4. The Morgan fingerprint density at radius 1 is 1.15 bits per heavy atom. The maximum Gasteiger partial charge on any atom is 0.312 e. The number of carbonyl (C=O) groups is 2. The summed E-state index contributed by atoms with van der Waals surface area (Å²) < 4.78 is 5.55. The average molecular weight is 412 g/mol. The third-order valence-electron chi connectivity index (χ3n) is 6.25. The van der Waals surface area contributed by atoms with E-state index in [4.69, 9.17) is 27.9 Å². The van der Waals surface area contributed by atoms with E-state index in [0.717, 1.165) is 32.1 Å². The van der Waals surface area contributed by atoms with Gasteiger partial charge in [0.2, 0.25) is 0 Å². The molecule has 0 heterocycles. The first-order valence-electron chi connectivity index (χ1n) is 9.37. The van der Waals surface area contributed by atoms with Crippen molar-refractivity contribution in [2.24, 2.45) is 17.3 Å². The maximum absolute atomic E-state index is 13.0. The van der Waals surface area contributed by atoms with Crippen LogP contribution in [0.5, 0.6) is 0 Å². The van der Waals surface area contributed by atoms with Crippen LogP contribution >= 0.6 is 23.2 Å². The second-order valence-electron chi connectivity index (χ2n) is 8.66. The van der Waals surface area contributed by atoms with Crippen molar-refractivity contribution in [3.8, 4) is 0 Å². The molecule has 146 valence electrons. The van der Waals surface area contributed by atoms with Gasteiger partial charge in [-0.1, -0.05) is 23.2 Å². The summed E-state index contributed by atoms with van der Waals surface area (Å²) in [5.41, 5.74) is -0.941. The number of hydrogen-bond donors (Lipinski definition) is 2. The van der Waals surface area contributed by atoms with Gasteiger partial charge in [-0.2, -0.15) is 0 Å². The molecule has 4 bridgehead atoms. The van der Waals surface area contributed by atoms with Crippen LogP contribution in [-0.2, 0) is 14.3 Å². The van der Waals surface area contributed by atoms with Crippen molar-refractivity contribution < 1.29 is 19.4 Å². The highest BCUT2D eigenvalue weighted by Gasteiger charge is 2.61. The monoisotopic (exact) mass is 411 g/mol. The second kappa shape index (κ2) is 6.64. The zero-order valence-corrected chi connectivity index (χ0v) is 16.6. The third-order valence-corrected chi connectivity index (χ3v) is 6.68. The van der Waals surface area contributed by atoms with Crippen LogP contribution in [0.1, 0.15) is 45.4 Å². The van der Waals surface area contributed by atoms with Gasteiger partial charge in [-0.15, -0.1) is 0 Å². The van der Waals surface area contributed by atoms with Crippen LogP contribution in [-0.4, -0.2) is 28.7 Å². The first kappa shape index (κ1) is 19.0. The van der Waals surface area contributed by atoms with Crippen LogP contribution in [0.25, 0.3) is 0 Å². The van der Waals surface area contributed by atoms with Crippen molar-refractivity contribution in [1.82, 2.24) is 0 Å². The van der Waals surface area contributed by atoms with Crippen LogP contribution in [0.4, 0.5) is 5.69 Å². The summed E-state index contributed by atoms with van der Waals surface area (Å²) in [6.07, 6.45) is 3.66. The number of anilines is 1. The van der Waals surface area contributed by atoms with Crippen LogP contribution in [0.3, 0.4) is 0 Å². The molecule has 27 heavy (non-hydrogen) atoms. The minimum atomic E-state index is -0.946. The van der Waals surface area contributed by atoms with Crippen molar-refractivity contribution in [1.29, 1.82) is 0 Å². The lowest BCUT2D eigenvalue weighted by Gasteiger charge is -2.58. The number of esters is 1. The standard InChI is InChI=1S/C20H23Cl2NO4/c1-11(17(24)23-16-4-14(21)3-15(22)5-16)27-18(25)19-6-12-2-13(7-19)9-20(26,8-12)10-19/h3-5,11-13,26H,2,6-10H2,1H3,(H,23,24)/t11-,12-,13+,19?,20?/m1/s1. The van der Waals surface area contributed by atoms with Crippen molar-refractivity contribution in [3.63, 3.8) is 0 Å². The summed E-state index contributed by atoms with van der Waals surface area (Å²) in [5, 5.41) is 14.3. The minimum Gasteiger partial charge on any atom is -0.452 e. The molecule has 5 rings (SSSR count). The molecule has 1 amide bonds. The molecule has 1 aromatic carbocycles. The molecule has 5 nitrogen and oxygen atoms in total. The smallest absolute Gasteiger partial charge is 0.312 e. The van der Waals surface area contributed by atoms with Crippen LogP contribution in [0.15, 0.2) is 18.2 Å². The molecule has 4 aliphatic carbocycles. The van der Waals surface area contributed by atoms with E-state index < -0.39 is 23.0 Å². The van der Waals surface area contributed by atoms with E-state index in [1.54, 1.807) is 25.1 Å². The van der Waals surface area contributed by atoms with Gasteiger partial charge in [0.25, 0.3) is 5.91 Å². The quantitative estimate of drug-likeness (QED) is 0.727. The highest BCUT2D eigenvalue weighted by Crippen LogP contribution is 2.62. The molecular formula is C20H23Cl2NO4. The normalized spacial score (nSPS) is 35.0. The Hall–Kier alpha value is -1.30. The van der Waals surface area contributed by atoms with E-state index in [-0.39, 0.29) is 5.97 Å². The number of amides is 1. The van der Waals surface area contributed by atoms with Crippen molar-refractivity contribution >= 4 is 40.8 Å². The SMILES string of the molecule is C[C@@H](OC(=O)C12C[C@@H]3C[C@@H](CC(O)(C3)C1)C2)C(=O)Nc1cc(Cl)cc(Cl)c1. The Kier molecular flexibility index (Phi) is 4.68. The van der Waals surface area contributed by atoms with Gasteiger partial charge in [0.05, 0.1) is 11.0 Å². The number of ether oxygens (including phenoxy) is 1. The highest BCUT2D eigenvalue weighted by molar-refractivity contribution is 6.35. The number of benzene rings is 1. The van der Waals surface area contributed by atoms with Gasteiger partial charge in [0.1, 0.15) is 0 Å². The fourth-order valence-corrected chi connectivity index (χ4v) is 6.19. The fourth-order valence-electron chi connectivity index (χ4n) is 5.66. The molecule has 0 aromatic heterocycles. The minimum absolute atomic E-state index is 0.359. The lowest BCUT2D eigenvalue weighted by molar-refractivity contribution is -0.199. The predicted molar refractivity (Wildman–Crippen MR) is 103 cm³/mol. The zero-order chi connectivity index (χ0) is 19.4. The molecule has 1 aromatic rings. The summed E-state index contributed by atoms with van der Waals surface area (Å²) in [5.74, 6) is -0.0463. The average Bonchev–Trinajstić information content (AvgIpc) is 2.51. The number of rotatable bonds is 4. The van der Waals surface area contributed by atoms with Gasteiger partial charge in [-0.05, 0) is 75.5 Å². The van der Waals surface area contributed by atoms with Crippen LogP contribution in [0.2, 0.25) is 10.0 Å². The summed E-state index contributed by atoms with van der Waals surface area (Å²) in [4.78, 5) is 25.4. The lowest BCUT2D eigenvalue weighted by Crippen LogP contribution is -2.59. The van der Waals surface area contributed by atoms with Crippen LogP contribution < -0.4 is 5.32 Å². The highest BCUT2D eigenvalue weighted by atomic mass is 35.5. The van der Waals surface area contributed by atoms with E-state index in [1.165, 1.54) is 0 Å². The zero-order valence-electron chi connectivity index (χ0n) is 15.1. The molecule has 0 aliphatic heterocycles. The van der Waals surface area contributed by atoms with Gasteiger partial charge in [0, 0.05) is 15.7 Å². The lowest BCUT2D eigenvalue weighted by atomic mass is 9.48. The predicted octanol–water partition coefficient (Wildman–Crippen LogP) is 4.19. The van der Waals surface area contributed by atoms with Crippen molar-refractivity contribution in [3.05, 3.63) is 28.2 Å². The number of halogens is 2. The molecule has 4 aliphatic rings. The van der Waals surface area contributed by atoms with Gasteiger partial charge in [-0.25, -0.2) is 0 Å². The molecule has 0 spiro atoms. The van der Waals surface area contributed by atoms with E-state index in [0.29, 0.717) is 34.0 Å². The number of aliphatic hydroxyl groups is 1. The van der Waals surface area contributed by atoms with E-state index in [9.17, 15) is 14.7 Å². The maximum atomic E-state index is 13.0. The van der Waals surface area contributed by atoms with Crippen molar-refractivity contribution in [2.45, 2.75) is 57.2 Å². The van der Waals surface area contributed by atoms with Gasteiger partial charge >= 0.3 is 5.97 Å². The summed E-state index contributed by atoms with van der Waals surface area (Å²) >= 11 is 11.9. The Morgan fingerprint density at radius 3 is 2.30 bits per heavy atom. The fraction of sp³-hybridized carbons (Fsp3) is 0.600. The first-order valence-corrected chi connectivity index (χ1v) is 10.1. The topological polar surface area (TPSA) is 75.6 Å². The van der Waals surface area contributed by atoms with Gasteiger partial charge in [0.15, 0.2) is 6.10 Å². The Balaban J connectivity index is 1.42. The van der Waals surface area contributed by atoms with E-state index >= 15 is 0 Å². The third kappa shape index (κ3) is 3.69. The van der Waals surface area contributed by atoms with E-state index in [1.807, 2.05) is 0 Å². The van der Waals surface area contributed by atoms with Gasteiger partial charge < -0.3 is 15.2 Å². The molecule has 2 unspecified atom stereocenters. The van der Waals surface area contributed by atoms with E-state index in [2.05, 4.69) is 5.32 Å². The number of nitrogens with one attached hydrogen (secondary N) is 1. The molecule has 7 heteroatoms. The molecule has 4 fully saturated rings. The summed E-state index contributed by atoms with van der Waals surface area (Å²) in [7, 11) is 0. The summed E-state index contributed by atoms with van der Waals surface area (Å²) in [6, 6.07) is 4.73. The van der Waals surface area contributed by atoms with Gasteiger partial charge in [-0.3, -0.25) is 9.59 Å². The molecule has 4 saturated carbocycles. The molecule has 5 atom stereocenters. The summed E-state index contributed by atoms with van der Waals surface area (Å²) in [6.45, 7) is 1.55. The Morgan fingerprint density at radius 2 is 1.74 bits per heavy atom. The van der Waals surface area contributed by atoms with Crippen LogP contribution in [0, 0.1) is 17.3 Å². The molecular weight excluding hydrogens is 389 g/mol. The molecule has 0 radical (unpaired) electrons.